The Balaban J connectivity index is 2.89. The molecule has 0 bridgehead atoms. The summed E-state index contributed by atoms with van der Waals surface area (Å²) in [5, 5.41) is 8.48. The third kappa shape index (κ3) is 3.03. The first kappa shape index (κ1) is 10.5. The predicted molar refractivity (Wildman–Crippen MR) is 53.8 cm³/mol. The summed E-state index contributed by atoms with van der Waals surface area (Å²) in [7, 11) is 1.61. The van der Waals surface area contributed by atoms with Crippen LogP contribution in [-0.2, 0) is 16.1 Å². The zero-order valence-corrected chi connectivity index (χ0v) is 7.93. The molecule has 0 aliphatic rings. The number of carboxylic acid groups (broad SMARTS) is 1. The van der Waals surface area contributed by atoms with E-state index in [9.17, 15) is 4.79 Å². The molecule has 0 atom stereocenters. The van der Waals surface area contributed by atoms with Gasteiger partial charge in [-0.05, 0) is 17.2 Å². The van der Waals surface area contributed by atoms with Crippen LogP contribution in [0.5, 0.6) is 0 Å². The van der Waals surface area contributed by atoms with E-state index in [1.807, 2.05) is 24.3 Å². The van der Waals surface area contributed by atoms with E-state index >= 15 is 0 Å². The predicted octanol–water partition coefficient (Wildman–Crippen LogP) is 1.93. The van der Waals surface area contributed by atoms with Crippen molar-refractivity contribution in [2.45, 2.75) is 6.61 Å². The molecule has 0 saturated heterocycles. The van der Waals surface area contributed by atoms with Gasteiger partial charge in [0.05, 0.1) is 6.61 Å². The van der Waals surface area contributed by atoms with Gasteiger partial charge in [-0.25, -0.2) is 4.79 Å². The first-order chi connectivity index (χ1) is 6.74. The van der Waals surface area contributed by atoms with Gasteiger partial charge >= 0.3 is 5.97 Å². The Bertz CT molecular complexity index is 342. The molecule has 0 heterocycles. The summed E-state index contributed by atoms with van der Waals surface area (Å²) in [6, 6.07) is 7.52. The van der Waals surface area contributed by atoms with Crippen LogP contribution < -0.4 is 0 Å². The SMILES string of the molecule is COCc1ccccc1C=CC(=O)O. The minimum absolute atomic E-state index is 0.486. The molecule has 1 N–H and O–H groups in total. The number of benzene rings is 1. The van der Waals surface area contributed by atoms with Crippen LogP contribution in [0.25, 0.3) is 6.08 Å². The van der Waals surface area contributed by atoms with E-state index in [1.165, 1.54) is 0 Å². The average Bonchev–Trinajstić information content (AvgIpc) is 2.17. The lowest BCUT2D eigenvalue weighted by Gasteiger charge is -2.03. The van der Waals surface area contributed by atoms with Gasteiger partial charge in [-0.1, -0.05) is 24.3 Å². The topological polar surface area (TPSA) is 46.5 Å². The molecule has 1 rings (SSSR count). The van der Waals surface area contributed by atoms with Crippen LogP contribution in [0.4, 0.5) is 0 Å². The van der Waals surface area contributed by atoms with Crippen molar-refractivity contribution >= 4 is 12.0 Å². The van der Waals surface area contributed by atoms with E-state index < -0.39 is 5.97 Å². The van der Waals surface area contributed by atoms with Crippen LogP contribution in [0.1, 0.15) is 11.1 Å². The lowest BCUT2D eigenvalue weighted by atomic mass is 10.1. The minimum Gasteiger partial charge on any atom is -0.478 e. The Kier molecular flexibility index (Phi) is 3.88. The number of methoxy groups -OCH3 is 1. The third-order valence-corrected chi connectivity index (χ3v) is 1.76. The summed E-state index contributed by atoms with van der Waals surface area (Å²) in [4.78, 5) is 10.3. The van der Waals surface area contributed by atoms with Crippen molar-refractivity contribution in [3.8, 4) is 0 Å². The lowest BCUT2D eigenvalue weighted by molar-refractivity contribution is -0.131. The van der Waals surface area contributed by atoms with Crippen LogP contribution in [0.3, 0.4) is 0 Å². The Morgan fingerprint density at radius 2 is 2.21 bits per heavy atom. The van der Waals surface area contributed by atoms with Gasteiger partial charge in [0.25, 0.3) is 0 Å². The van der Waals surface area contributed by atoms with Crippen molar-refractivity contribution in [1.29, 1.82) is 0 Å². The van der Waals surface area contributed by atoms with Crippen molar-refractivity contribution in [3.05, 3.63) is 41.5 Å². The molecule has 0 radical (unpaired) electrons. The highest BCUT2D eigenvalue weighted by Gasteiger charge is 1.97. The number of ether oxygens (including phenoxy) is 1. The molecule has 0 unspecified atom stereocenters. The highest BCUT2D eigenvalue weighted by Crippen LogP contribution is 2.11. The molecule has 0 spiro atoms. The number of hydrogen-bond acceptors (Lipinski definition) is 2. The van der Waals surface area contributed by atoms with Crippen molar-refractivity contribution < 1.29 is 14.6 Å². The molecule has 0 aliphatic carbocycles. The van der Waals surface area contributed by atoms with Crippen molar-refractivity contribution in [2.75, 3.05) is 7.11 Å². The van der Waals surface area contributed by atoms with E-state index in [-0.39, 0.29) is 0 Å². The summed E-state index contributed by atoms with van der Waals surface area (Å²) in [6.07, 6.45) is 2.69. The second kappa shape index (κ2) is 5.19. The van der Waals surface area contributed by atoms with Gasteiger partial charge in [0, 0.05) is 13.2 Å². The normalized spacial score (nSPS) is 10.6. The zero-order valence-electron chi connectivity index (χ0n) is 7.93. The van der Waals surface area contributed by atoms with Gasteiger partial charge in [-0.2, -0.15) is 0 Å². The van der Waals surface area contributed by atoms with Gasteiger partial charge < -0.3 is 9.84 Å². The fourth-order valence-electron chi connectivity index (χ4n) is 1.14. The van der Waals surface area contributed by atoms with Crippen LogP contribution in [0.2, 0.25) is 0 Å². The molecule has 1 aromatic rings. The zero-order chi connectivity index (χ0) is 10.4. The van der Waals surface area contributed by atoms with E-state index in [0.717, 1.165) is 17.2 Å². The van der Waals surface area contributed by atoms with Crippen LogP contribution in [-0.4, -0.2) is 18.2 Å². The Labute approximate surface area is 82.6 Å². The summed E-state index contributed by atoms with van der Waals surface area (Å²) in [5.74, 6) is -0.947. The molecule has 0 fully saturated rings. The first-order valence-corrected chi connectivity index (χ1v) is 4.22. The van der Waals surface area contributed by atoms with Crippen LogP contribution in [0, 0.1) is 0 Å². The molecule has 0 saturated carbocycles. The molecule has 3 nitrogen and oxygen atoms in total. The standard InChI is InChI=1S/C11H12O3/c1-14-8-10-5-3-2-4-9(10)6-7-11(12)13/h2-7H,8H2,1H3,(H,12,13). The fourth-order valence-corrected chi connectivity index (χ4v) is 1.14. The molecule has 0 aliphatic heterocycles. The Morgan fingerprint density at radius 1 is 1.50 bits per heavy atom. The molecule has 1 aromatic carbocycles. The third-order valence-electron chi connectivity index (χ3n) is 1.76. The summed E-state index contributed by atoms with van der Waals surface area (Å²) in [6.45, 7) is 0.486. The highest BCUT2D eigenvalue weighted by atomic mass is 16.5. The van der Waals surface area contributed by atoms with E-state index in [1.54, 1.807) is 13.2 Å². The first-order valence-electron chi connectivity index (χ1n) is 4.22. The molecule has 0 amide bonds. The number of aliphatic carboxylic acids is 1. The smallest absolute Gasteiger partial charge is 0.328 e. The molecular weight excluding hydrogens is 180 g/mol. The highest BCUT2D eigenvalue weighted by molar-refractivity contribution is 5.85. The maximum Gasteiger partial charge on any atom is 0.328 e. The maximum atomic E-state index is 10.3. The maximum absolute atomic E-state index is 10.3. The molecular formula is C11H12O3. The van der Waals surface area contributed by atoms with Gasteiger partial charge in [-0.15, -0.1) is 0 Å². The van der Waals surface area contributed by atoms with Crippen molar-refractivity contribution in [1.82, 2.24) is 0 Å². The summed E-state index contributed by atoms with van der Waals surface area (Å²) >= 11 is 0. The minimum atomic E-state index is -0.947. The lowest BCUT2D eigenvalue weighted by Crippen LogP contribution is -1.92. The van der Waals surface area contributed by atoms with Gasteiger partial charge in [-0.3, -0.25) is 0 Å². The Morgan fingerprint density at radius 3 is 2.86 bits per heavy atom. The fraction of sp³-hybridized carbons (Fsp3) is 0.182. The quantitative estimate of drug-likeness (QED) is 0.741. The second-order valence-electron chi connectivity index (χ2n) is 2.80. The molecule has 3 heteroatoms. The van der Waals surface area contributed by atoms with E-state index in [2.05, 4.69) is 0 Å². The van der Waals surface area contributed by atoms with E-state index in [0.29, 0.717) is 6.61 Å². The molecule has 74 valence electrons. The number of carboxylic acids is 1. The van der Waals surface area contributed by atoms with Gasteiger partial charge in [0.2, 0.25) is 0 Å². The monoisotopic (exact) mass is 192 g/mol. The second-order valence-corrected chi connectivity index (χ2v) is 2.80. The Hall–Kier alpha value is -1.61. The molecule has 14 heavy (non-hydrogen) atoms. The van der Waals surface area contributed by atoms with E-state index in [4.69, 9.17) is 9.84 Å². The van der Waals surface area contributed by atoms with Crippen LogP contribution in [0.15, 0.2) is 30.3 Å². The average molecular weight is 192 g/mol. The number of carbonyl (C=O) groups is 1. The summed E-state index contributed by atoms with van der Waals surface area (Å²) in [5.41, 5.74) is 1.85. The van der Waals surface area contributed by atoms with Crippen LogP contribution >= 0.6 is 0 Å². The molecule has 0 aromatic heterocycles. The van der Waals surface area contributed by atoms with Gasteiger partial charge in [0.1, 0.15) is 0 Å². The van der Waals surface area contributed by atoms with Gasteiger partial charge in [0.15, 0.2) is 0 Å². The number of hydrogen-bond donors (Lipinski definition) is 1. The van der Waals surface area contributed by atoms with Crippen molar-refractivity contribution in [2.24, 2.45) is 0 Å². The largest absolute Gasteiger partial charge is 0.478 e. The van der Waals surface area contributed by atoms with Crippen molar-refractivity contribution in [3.63, 3.8) is 0 Å². The number of rotatable bonds is 4. The summed E-state index contributed by atoms with van der Waals surface area (Å²) < 4.78 is 4.99.